The molecule has 0 aliphatic heterocycles. The molecule has 0 amide bonds. The second-order valence-corrected chi connectivity index (χ2v) is 7.04. The molecule has 1 aliphatic carbocycles. The molecule has 0 unspecified atom stereocenters. The third-order valence-electron chi connectivity index (χ3n) is 4.41. The Morgan fingerprint density at radius 2 is 2.08 bits per heavy atom. The fourth-order valence-electron chi connectivity index (χ4n) is 3.17. The van der Waals surface area contributed by atoms with Crippen molar-refractivity contribution in [3.05, 3.63) is 34.9 Å². The molecule has 1 aliphatic rings. The normalized spacial score (nSPS) is 16.0. The Labute approximate surface area is 142 Å². The van der Waals surface area contributed by atoms with Gasteiger partial charge in [0.05, 0.1) is 12.6 Å². The van der Waals surface area contributed by atoms with E-state index in [0.29, 0.717) is 24.0 Å². The first-order valence-electron chi connectivity index (χ1n) is 8.28. The van der Waals surface area contributed by atoms with Crippen LogP contribution in [0.5, 0.6) is 0 Å². The van der Waals surface area contributed by atoms with E-state index in [1.165, 1.54) is 23.9 Å². The number of fused-ring (bicyclic) bond motifs is 1. The molecule has 8 nitrogen and oxygen atoms in total. The minimum absolute atomic E-state index is 0.113. The molecule has 0 saturated heterocycles. The van der Waals surface area contributed by atoms with Crippen molar-refractivity contribution >= 4 is 17.4 Å². The number of nitrogens with zero attached hydrogens (tertiary/aromatic N) is 7. The summed E-state index contributed by atoms with van der Waals surface area (Å²) in [6.45, 7) is 0.530. The molecule has 4 rings (SSSR count). The zero-order valence-corrected chi connectivity index (χ0v) is 14.1. The van der Waals surface area contributed by atoms with E-state index >= 15 is 0 Å². The minimum atomic E-state index is -0.113. The second kappa shape index (κ2) is 6.76. The molecule has 0 aromatic carbocycles. The molecule has 0 atom stereocenters. The lowest BCUT2D eigenvalue weighted by atomic mass is 9.96. The number of aromatic nitrogens is 7. The van der Waals surface area contributed by atoms with Crippen molar-refractivity contribution < 1.29 is 0 Å². The SMILES string of the molecule is O=c1n(CCSc2nnnn2C2CCCCC2)nc2ccccn12. The summed E-state index contributed by atoms with van der Waals surface area (Å²) in [5.74, 6) is 0.705. The van der Waals surface area contributed by atoms with Crippen molar-refractivity contribution in [3.8, 4) is 0 Å². The highest BCUT2D eigenvalue weighted by atomic mass is 32.2. The Morgan fingerprint density at radius 1 is 1.21 bits per heavy atom. The van der Waals surface area contributed by atoms with E-state index in [9.17, 15) is 4.79 Å². The molecule has 126 valence electrons. The number of aryl methyl sites for hydroxylation is 1. The van der Waals surface area contributed by atoms with Gasteiger partial charge in [0, 0.05) is 11.9 Å². The first-order chi connectivity index (χ1) is 11.8. The maximum atomic E-state index is 12.2. The van der Waals surface area contributed by atoms with Gasteiger partial charge >= 0.3 is 5.69 Å². The van der Waals surface area contributed by atoms with Gasteiger partial charge in [-0.25, -0.2) is 14.2 Å². The van der Waals surface area contributed by atoms with Gasteiger partial charge in [0.15, 0.2) is 5.65 Å². The molecule has 9 heteroatoms. The van der Waals surface area contributed by atoms with Crippen molar-refractivity contribution in [2.24, 2.45) is 0 Å². The maximum Gasteiger partial charge on any atom is 0.350 e. The predicted octanol–water partition coefficient (Wildman–Crippen LogP) is 1.78. The Hall–Kier alpha value is -2.16. The number of pyridine rings is 1. The average molecular weight is 345 g/mol. The maximum absolute atomic E-state index is 12.2. The quantitative estimate of drug-likeness (QED) is 0.656. The van der Waals surface area contributed by atoms with Crippen LogP contribution in [-0.2, 0) is 6.54 Å². The number of thioether (sulfide) groups is 1. The summed E-state index contributed by atoms with van der Waals surface area (Å²) in [6.07, 6.45) is 7.81. The Kier molecular flexibility index (Phi) is 4.33. The molecule has 1 saturated carbocycles. The van der Waals surface area contributed by atoms with Crippen LogP contribution in [0.15, 0.2) is 34.3 Å². The second-order valence-electron chi connectivity index (χ2n) is 5.98. The number of tetrazole rings is 1. The smallest absolute Gasteiger partial charge is 0.250 e. The van der Waals surface area contributed by atoms with Crippen molar-refractivity contribution in [1.82, 2.24) is 34.4 Å². The van der Waals surface area contributed by atoms with Gasteiger partial charge in [-0.3, -0.25) is 4.40 Å². The van der Waals surface area contributed by atoms with Gasteiger partial charge in [-0.2, -0.15) is 0 Å². The molecule has 3 aromatic rings. The van der Waals surface area contributed by atoms with Crippen LogP contribution in [-0.4, -0.2) is 40.1 Å². The van der Waals surface area contributed by atoms with Crippen LogP contribution >= 0.6 is 11.8 Å². The molecule has 24 heavy (non-hydrogen) atoms. The third kappa shape index (κ3) is 2.95. The third-order valence-corrected chi connectivity index (χ3v) is 5.32. The van der Waals surface area contributed by atoms with Gasteiger partial charge in [0.25, 0.3) is 0 Å². The molecule has 3 heterocycles. The van der Waals surface area contributed by atoms with E-state index in [4.69, 9.17) is 0 Å². The molecule has 0 bridgehead atoms. The lowest BCUT2D eigenvalue weighted by Crippen LogP contribution is -2.22. The standard InChI is InChI=1S/C15H19N7OS/c23-15-20-9-5-4-8-13(20)17-21(15)10-11-24-14-16-18-19-22(14)12-6-2-1-3-7-12/h4-5,8-9,12H,1-3,6-7,10-11H2. The summed E-state index contributed by atoms with van der Waals surface area (Å²) >= 11 is 1.58. The number of rotatable bonds is 5. The predicted molar refractivity (Wildman–Crippen MR) is 90.1 cm³/mol. The van der Waals surface area contributed by atoms with Crippen molar-refractivity contribution in [2.45, 2.75) is 49.8 Å². The van der Waals surface area contributed by atoms with Crippen LogP contribution in [0.25, 0.3) is 5.65 Å². The van der Waals surface area contributed by atoms with Gasteiger partial charge in [0.1, 0.15) is 0 Å². The van der Waals surface area contributed by atoms with E-state index in [-0.39, 0.29) is 5.69 Å². The fourth-order valence-corrected chi connectivity index (χ4v) is 4.03. The van der Waals surface area contributed by atoms with Gasteiger partial charge in [-0.05, 0) is 35.4 Å². The first-order valence-corrected chi connectivity index (χ1v) is 9.26. The van der Waals surface area contributed by atoms with Crippen LogP contribution < -0.4 is 5.69 Å². The van der Waals surface area contributed by atoms with Crippen molar-refractivity contribution in [2.75, 3.05) is 5.75 Å². The van der Waals surface area contributed by atoms with Crippen LogP contribution in [0.3, 0.4) is 0 Å². The zero-order valence-electron chi connectivity index (χ0n) is 13.3. The van der Waals surface area contributed by atoms with Crippen molar-refractivity contribution in [1.29, 1.82) is 0 Å². The summed E-state index contributed by atoms with van der Waals surface area (Å²) in [5.41, 5.74) is 0.553. The molecular formula is C15H19N7OS. The van der Waals surface area contributed by atoms with Crippen LogP contribution in [0.2, 0.25) is 0 Å². The van der Waals surface area contributed by atoms with E-state index in [1.807, 2.05) is 22.9 Å². The summed E-state index contributed by atoms with van der Waals surface area (Å²) in [6, 6.07) is 5.94. The van der Waals surface area contributed by atoms with E-state index < -0.39 is 0 Å². The van der Waals surface area contributed by atoms with Crippen LogP contribution in [0.4, 0.5) is 0 Å². The summed E-state index contributed by atoms with van der Waals surface area (Å²) in [4.78, 5) is 12.2. The van der Waals surface area contributed by atoms with E-state index in [2.05, 4.69) is 20.6 Å². The monoisotopic (exact) mass is 345 g/mol. The van der Waals surface area contributed by atoms with E-state index in [0.717, 1.165) is 18.0 Å². The molecule has 0 spiro atoms. The summed E-state index contributed by atoms with van der Waals surface area (Å²) in [7, 11) is 0. The summed E-state index contributed by atoms with van der Waals surface area (Å²) in [5, 5.41) is 17.3. The van der Waals surface area contributed by atoms with Gasteiger partial charge in [0.2, 0.25) is 5.16 Å². The van der Waals surface area contributed by atoms with Gasteiger partial charge in [-0.1, -0.05) is 37.1 Å². The Morgan fingerprint density at radius 3 is 2.92 bits per heavy atom. The number of hydrogen-bond donors (Lipinski definition) is 0. The Balaban J connectivity index is 1.43. The molecule has 0 N–H and O–H groups in total. The highest BCUT2D eigenvalue weighted by Crippen LogP contribution is 2.30. The molecule has 1 fully saturated rings. The minimum Gasteiger partial charge on any atom is -0.250 e. The van der Waals surface area contributed by atoms with Crippen molar-refractivity contribution in [3.63, 3.8) is 0 Å². The van der Waals surface area contributed by atoms with Gasteiger partial charge < -0.3 is 0 Å². The zero-order chi connectivity index (χ0) is 16.4. The molecule has 3 aromatic heterocycles. The average Bonchev–Trinajstić information content (AvgIpc) is 3.21. The fraction of sp³-hybridized carbons (Fsp3) is 0.533. The largest absolute Gasteiger partial charge is 0.350 e. The Bertz CT molecular complexity index is 877. The highest BCUT2D eigenvalue weighted by Gasteiger charge is 2.20. The summed E-state index contributed by atoms with van der Waals surface area (Å²) < 4.78 is 5.00. The first kappa shape index (κ1) is 15.4. The van der Waals surface area contributed by atoms with Crippen LogP contribution in [0.1, 0.15) is 38.1 Å². The highest BCUT2D eigenvalue weighted by molar-refractivity contribution is 7.99. The van der Waals surface area contributed by atoms with Gasteiger partial charge in [-0.15, -0.1) is 10.2 Å². The lowest BCUT2D eigenvalue weighted by molar-refractivity contribution is 0.307. The molecule has 0 radical (unpaired) electrons. The van der Waals surface area contributed by atoms with Crippen LogP contribution in [0, 0.1) is 0 Å². The lowest BCUT2D eigenvalue weighted by Gasteiger charge is -2.21. The number of hydrogen-bond acceptors (Lipinski definition) is 6. The topological polar surface area (TPSA) is 82.9 Å². The molecular weight excluding hydrogens is 326 g/mol. The van der Waals surface area contributed by atoms with E-state index in [1.54, 1.807) is 22.4 Å².